The van der Waals surface area contributed by atoms with Crippen LogP contribution in [0.15, 0.2) is 48.5 Å². The van der Waals surface area contributed by atoms with E-state index in [-0.39, 0.29) is 11.7 Å². The van der Waals surface area contributed by atoms with Gasteiger partial charge in [0.05, 0.1) is 11.0 Å². The number of ketones is 1. The smallest absolute Gasteiger partial charge is 0.242 e. The Bertz CT molecular complexity index is 950. The molecule has 120 valence electrons. The van der Waals surface area contributed by atoms with Gasteiger partial charge in [0.15, 0.2) is 11.7 Å². The SMILES string of the molecule is O=C1CCn2c(nc3cc(Cl)ccc32)C1C(=O)Nc1ccccc1. The average Bonchev–Trinajstić information content (AvgIpc) is 2.92. The molecule has 1 amide bonds. The van der Waals surface area contributed by atoms with Crippen LogP contribution in [0.4, 0.5) is 5.69 Å². The molecule has 1 atom stereocenters. The minimum atomic E-state index is -0.898. The van der Waals surface area contributed by atoms with E-state index in [4.69, 9.17) is 11.6 Å². The Balaban J connectivity index is 1.75. The number of amides is 1. The molecule has 1 aliphatic rings. The van der Waals surface area contributed by atoms with Crippen molar-refractivity contribution in [3.05, 3.63) is 59.4 Å². The van der Waals surface area contributed by atoms with Gasteiger partial charge in [-0.1, -0.05) is 29.8 Å². The zero-order valence-electron chi connectivity index (χ0n) is 12.7. The van der Waals surface area contributed by atoms with E-state index in [2.05, 4.69) is 10.3 Å². The van der Waals surface area contributed by atoms with E-state index in [1.165, 1.54) is 0 Å². The number of imidazole rings is 1. The first kappa shape index (κ1) is 14.9. The fraction of sp³-hybridized carbons (Fsp3) is 0.167. The number of aryl methyl sites for hydroxylation is 1. The van der Waals surface area contributed by atoms with E-state index in [1.807, 2.05) is 28.8 Å². The van der Waals surface area contributed by atoms with Crippen LogP contribution in [0.5, 0.6) is 0 Å². The van der Waals surface area contributed by atoms with Crippen molar-refractivity contribution in [1.29, 1.82) is 0 Å². The third-order valence-corrected chi connectivity index (χ3v) is 4.44. The van der Waals surface area contributed by atoms with E-state index in [9.17, 15) is 9.59 Å². The molecule has 1 N–H and O–H groups in total. The number of nitrogens with one attached hydrogen (secondary N) is 1. The van der Waals surface area contributed by atoms with Gasteiger partial charge in [0.25, 0.3) is 0 Å². The summed E-state index contributed by atoms with van der Waals surface area (Å²) in [6.07, 6.45) is 0.313. The van der Waals surface area contributed by atoms with E-state index in [0.29, 0.717) is 35.0 Å². The number of Topliss-reactive ketones (excluding diaryl/α,β-unsaturated/α-hetero) is 1. The van der Waals surface area contributed by atoms with Crippen molar-refractivity contribution in [2.45, 2.75) is 18.9 Å². The van der Waals surface area contributed by atoms with Gasteiger partial charge in [-0.15, -0.1) is 0 Å². The van der Waals surface area contributed by atoms with Crippen molar-refractivity contribution in [3.63, 3.8) is 0 Å². The molecule has 2 aromatic carbocycles. The number of aromatic nitrogens is 2. The Labute approximate surface area is 143 Å². The fourth-order valence-electron chi connectivity index (χ4n) is 3.09. The predicted octanol–water partition coefficient (Wildman–Crippen LogP) is 3.38. The molecule has 0 saturated carbocycles. The molecule has 2 heterocycles. The molecule has 0 saturated heterocycles. The number of fused-ring (bicyclic) bond motifs is 3. The average molecular weight is 340 g/mol. The molecule has 0 radical (unpaired) electrons. The van der Waals surface area contributed by atoms with Crippen LogP contribution in [0.3, 0.4) is 0 Å². The number of hydrogen-bond acceptors (Lipinski definition) is 3. The Morgan fingerprint density at radius 3 is 2.79 bits per heavy atom. The lowest BCUT2D eigenvalue weighted by Gasteiger charge is -2.22. The maximum Gasteiger partial charge on any atom is 0.242 e. The highest BCUT2D eigenvalue weighted by atomic mass is 35.5. The van der Waals surface area contributed by atoms with Crippen LogP contribution in [0.25, 0.3) is 11.0 Å². The van der Waals surface area contributed by atoms with E-state index >= 15 is 0 Å². The number of anilines is 1. The van der Waals surface area contributed by atoms with Gasteiger partial charge in [0, 0.05) is 23.7 Å². The second kappa shape index (κ2) is 5.76. The molecule has 5 nitrogen and oxygen atoms in total. The van der Waals surface area contributed by atoms with Gasteiger partial charge < -0.3 is 9.88 Å². The predicted molar refractivity (Wildman–Crippen MR) is 92.2 cm³/mol. The molecule has 6 heteroatoms. The summed E-state index contributed by atoms with van der Waals surface area (Å²) >= 11 is 6.02. The standard InChI is InChI=1S/C18H14ClN3O2/c19-11-6-7-14-13(10-11)21-17-16(15(23)8-9-22(14)17)18(24)20-12-4-2-1-3-5-12/h1-7,10,16H,8-9H2,(H,20,24). The van der Waals surface area contributed by atoms with Crippen LogP contribution < -0.4 is 5.32 Å². The highest BCUT2D eigenvalue weighted by molar-refractivity contribution is 6.31. The number of para-hydroxylation sites is 1. The number of carbonyl (C=O) groups excluding carboxylic acids is 2. The summed E-state index contributed by atoms with van der Waals surface area (Å²) in [7, 11) is 0. The van der Waals surface area contributed by atoms with E-state index in [1.54, 1.807) is 24.3 Å². The van der Waals surface area contributed by atoms with Gasteiger partial charge in [-0.3, -0.25) is 9.59 Å². The fourth-order valence-corrected chi connectivity index (χ4v) is 3.25. The molecular weight excluding hydrogens is 326 g/mol. The lowest BCUT2D eigenvalue weighted by molar-refractivity contribution is -0.128. The van der Waals surface area contributed by atoms with E-state index < -0.39 is 5.92 Å². The first-order valence-electron chi connectivity index (χ1n) is 7.68. The maximum atomic E-state index is 12.7. The highest BCUT2D eigenvalue weighted by Gasteiger charge is 2.36. The summed E-state index contributed by atoms with van der Waals surface area (Å²) in [5.41, 5.74) is 2.25. The van der Waals surface area contributed by atoms with Crippen LogP contribution in [-0.4, -0.2) is 21.2 Å². The third-order valence-electron chi connectivity index (χ3n) is 4.21. The first-order valence-corrected chi connectivity index (χ1v) is 8.05. The number of nitrogens with zero attached hydrogens (tertiary/aromatic N) is 2. The van der Waals surface area contributed by atoms with E-state index in [0.717, 1.165) is 5.52 Å². The van der Waals surface area contributed by atoms with Crippen LogP contribution in [-0.2, 0) is 16.1 Å². The topological polar surface area (TPSA) is 64.0 Å². The van der Waals surface area contributed by atoms with Gasteiger partial charge in [-0.05, 0) is 30.3 Å². The zero-order chi connectivity index (χ0) is 16.7. The summed E-state index contributed by atoms with van der Waals surface area (Å²) in [6.45, 7) is 0.529. The van der Waals surface area contributed by atoms with Gasteiger partial charge in [0.1, 0.15) is 5.82 Å². The molecule has 0 bridgehead atoms. The summed E-state index contributed by atoms with van der Waals surface area (Å²) in [4.78, 5) is 29.6. The van der Waals surface area contributed by atoms with Crippen molar-refractivity contribution in [3.8, 4) is 0 Å². The monoisotopic (exact) mass is 339 g/mol. The third kappa shape index (κ3) is 2.47. The number of carbonyl (C=O) groups is 2. The Morgan fingerprint density at radius 2 is 2.00 bits per heavy atom. The minimum Gasteiger partial charge on any atom is -0.326 e. The van der Waals surface area contributed by atoms with Crippen LogP contribution in [0.1, 0.15) is 18.2 Å². The second-order valence-electron chi connectivity index (χ2n) is 5.76. The molecule has 1 unspecified atom stereocenters. The summed E-state index contributed by atoms with van der Waals surface area (Å²) < 4.78 is 1.93. The number of benzene rings is 2. The second-order valence-corrected chi connectivity index (χ2v) is 6.20. The Kier molecular flexibility index (Phi) is 3.58. The van der Waals surface area contributed by atoms with Crippen molar-refractivity contribution in [2.24, 2.45) is 0 Å². The van der Waals surface area contributed by atoms with Crippen molar-refractivity contribution in [1.82, 2.24) is 9.55 Å². The summed E-state index contributed by atoms with van der Waals surface area (Å²) in [6, 6.07) is 14.5. The van der Waals surface area contributed by atoms with Gasteiger partial charge in [-0.2, -0.15) is 0 Å². The number of halogens is 1. The highest BCUT2D eigenvalue weighted by Crippen LogP contribution is 2.30. The Hall–Kier alpha value is -2.66. The van der Waals surface area contributed by atoms with Crippen molar-refractivity contribution >= 4 is 40.0 Å². The van der Waals surface area contributed by atoms with Crippen molar-refractivity contribution < 1.29 is 9.59 Å². The largest absolute Gasteiger partial charge is 0.326 e. The van der Waals surface area contributed by atoms with Crippen molar-refractivity contribution in [2.75, 3.05) is 5.32 Å². The molecule has 1 aliphatic heterocycles. The molecule has 3 aromatic rings. The summed E-state index contributed by atoms with van der Waals surface area (Å²) in [5, 5.41) is 3.38. The molecular formula is C18H14ClN3O2. The Morgan fingerprint density at radius 1 is 1.21 bits per heavy atom. The summed E-state index contributed by atoms with van der Waals surface area (Å²) in [5.74, 6) is -0.882. The van der Waals surface area contributed by atoms with Gasteiger partial charge in [-0.25, -0.2) is 4.98 Å². The number of hydrogen-bond donors (Lipinski definition) is 1. The normalized spacial score (nSPS) is 16.9. The lowest BCUT2D eigenvalue weighted by atomic mass is 9.96. The van der Waals surface area contributed by atoms with Crippen LogP contribution in [0.2, 0.25) is 5.02 Å². The molecule has 4 rings (SSSR count). The lowest BCUT2D eigenvalue weighted by Crippen LogP contribution is -2.34. The van der Waals surface area contributed by atoms with Gasteiger partial charge in [0.2, 0.25) is 5.91 Å². The first-order chi connectivity index (χ1) is 11.6. The van der Waals surface area contributed by atoms with Crippen LogP contribution >= 0.6 is 11.6 Å². The number of rotatable bonds is 2. The maximum absolute atomic E-state index is 12.7. The van der Waals surface area contributed by atoms with Gasteiger partial charge >= 0.3 is 0 Å². The van der Waals surface area contributed by atoms with Crippen LogP contribution in [0, 0.1) is 0 Å². The molecule has 0 spiro atoms. The molecule has 24 heavy (non-hydrogen) atoms. The minimum absolute atomic E-state index is 0.114. The molecule has 0 fully saturated rings. The quantitative estimate of drug-likeness (QED) is 0.728. The zero-order valence-corrected chi connectivity index (χ0v) is 13.5. The molecule has 1 aromatic heterocycles. The molecule has 0 aliphatic carbocycles.